The summed E-state index contributed by atoms with van der Waals surface area (Å²) in [6, 6.07) is 8.53. The van der Waals surface area contributed by atoms with Gasteiger partial charge in [-0.3, -0.25) is 0 Å². The number of anilines is 1. The van der Waals surface area contributed by atoms with Crippen molar-refractivity contribution >= 4 is 21.7 Å². The van der Waals surface area contributed by atoms with Crippen LogP contribution in [0.2, 0.25) is 0 Å². The Morgan fingerprint density at radius 3 is 2.07 bits per heavy atom. The van der Waals surface area contributed by atoms with Crippen molar-refractivity contribution in [2.75, 3.05) is 11.9 Å². The van der Waals surface area contributed by atoms with Crippen molar-refractivity contribution in [3.63, 3.8) is 0 Å². The van der Waals surface area contributed by atoms with Crippen LogP contribution in [0.15, 0.2) is 53.4 Å². The van der Waals surface area contributed by atoms with E-state index in [1.54, 1.807) is 6.92 Å². The summed E-state index contributed by atoms with van der Waals surface area (Å²) in [6.07, 6.45) is -5.45. The Bertz CT molecular complexity index is 961. The zero-order chi connectivity index (χ0) is 21.9. The van der Waals surface area contributed by atoms with Crippen LogP contribution in [0.1, 0.15) is 12.5 Å². The Hall–Kier alpha value is -2.66. The van der Waals surface area contributed by atoms with Gasteiger partial charge in [0, 0.05) is 5.69 Å². The minimum absolute atomic E-state index is 0.358. The van der Waals surface area contributed by atoms with E-state index < -0.39 is 45.2 Å². The molecule has 0 aromatic heterocycles. The summed E-state index contributed by atoms with van der Waals surface area (Å²) in [6.45, 7) is 2.50. The van der Waals surface area contributed by atoms with E-state index in [-0.39, 0.29) is 5.69 Å². The molecule has 0 aliphatic carbocycles. The van der Waals surface area contributed by atoms with Crippen LogP contribution in [0.3, 0.4) is 0 Å². The van der Waals surface area contributed by atoms with Gasteiger partial charge in [-0.1, -0.05) is 17.7 Å². The fourth-order valence-corrected chi connectivity index (χ4v) is 3.60. The first-order chi connectivity index (χ1) is 13.4. The van der Waals surface area contributed by atoms with Crippen molar-refractivity contribution in [2.45, 2.75) is 30.6 Å². The van der Waals surface area contributed by atoms with E-state index in [1.807, 2.05) is 5.32 Å². The Kier molecular flexibility index (Phi) is 6.53. The summed E-state index contributed by atoms with van der Waals surface area (Å²) in [4.78, 5) is 11.9. The molecule has 0 fully saturated rings. The number of benzene rings is 2. The van der Waals surface area contributed by atoms with Crippen molar-refractivity contribution < 1.29 is 35.5 Å². The molecule has 158 valence electrons. The van der Waals surface area contributed by atoms with E-state index in [4.69, 9.17) is 0 Å². The summed E-state index contributed by atoms with van der Waals surface area (Å²) in [5, 5.41) is 1.83. The van der Waals surface area contributed by atoms with Gasteiger partial charge in [-0.15, -0.1) is 0 Å². The number of sulfonamides is 1. The Labute approximate surface area is 164 Å². The average Bonchev–Trinajstić information content (AvgIpc) is 2.62. The first-order valence-electron chi connectivity index (χ1n) is 8.29. The minimum Gasteiger partial charge on any atom is -0.463 e. The van der Waals surface area contributed by atoms with Crippen molar-refractivity contribution in [1.29, 1.82) is 0 Å². The summed E-state index contributed by atoms with van der Waals surface area (Å²) < 4.78 is 86.5. The first kappa shape index (κ1) is 22.6. The van der Waals surface area contributed by atoms with E-state index in [2.05, 4.69) is 4.74 Å². The molecule has 29 heavy (non-hydrogen) atoms. The second-order valence-corrected chi connectivity index (χ2v) is 7.70. The van der Waals surface area contributed by atoms with Gasteiger partial charge in [-0.2, -0.15) is 17.9 Å². The largest absolute Gasteiger partial charge is 0.463 e. The van der Waals surface area contributed by atoms with Gasteiger partial charge in [0.1, 0.15) is 5.82 Å². The maximum absolute atomic E-state index is 14.1. The summed E-state index contributed by atoms with van der Waals surface area (Å²) in [5.74, 6) is -2.64. The molecule has 0 saturated heterocycles. The number of nitrogens with one attached hydrogen (secondary N) is 2. The number of hydrogen-bond acceptors (Lipinski definition) is 5. The minimum atomic E-state index is -5.45. The fourth-order valence-electron chi connectivity index (χ4n) is 2.33. The normalized spacial score (nSPS) is 14.1. The lowest BCUT2D eigenvalue weighted by atomic mass is 10.1. The predicted octanol–water partition coefficient (Wildman–Crippen LogP) is 3.35. The molecule has 2 N–H and O–H groups in total. The van der Waals surface area contributed by atoms with Gasteiger partial charge < -0.3 is 10.1 Å². The van der Waals surface area contributed by atoms with Crippen LogP contribution in [0, 0.1) is 12.7 Å². The molecule has 0 bridgehead atoms. The Morgan fingerprint density at radius 1 is 1.03 bits per heavy atom. The Balaban J connectivity index is 2.59. The highest BCUT2D eigenvalue weighted by molar-refractivity contribution is 7.89. The van der Waals surface area contributed by atoms with Gasteiger partial charge in [0.15, 0.2) is 0 Å². The molecular weight excluding hydrogens is 416 g/mol. The molecule has 2 aromatic carbocycles. The first-order valence-corrected chi connectivity index (χ1v) is 9.78. The summed E-state index contributed by atoms with van der Waals surface area (Å²) >= 11 is 0. The number of carbonyl (C=O) groups excluding carboxylic acids is 1. The smallest absolute Gasteiger partial charge is 0.437 e. The highest BCUT2D eigenvalue weighted by Gasteiger charge is 2.64. The average molecular weight is 434 g/mol. The van der Waals surface area contributed by atoms with Crippen molar-refractivity contribution in [3.8, 4) is 0 Å². The van der Waals surface area contributed by atoms with E-state index in [0.717, 1.165) is 36.4 Å². The molecule has 6 nitrogen and oxygen atoms in total. The van der Waals surface area contributed by atoms with E-state index >= 15 is 0 Å². The molecule has 1 atom stereocenters. The number of carbonyl (C=O) groups is 1. The number of alkyl halides is 3. The number of ether oxygens (including phenoxy) is 1. The molecule has 0 aliphatic heterocycles. The quantitative estimate of drug-likeness (QED) is 0.397. The maximum Gasteiger partial charge on any atom is 0.437 e. The second kappa shape index (κ2) is 8.37. The van der Waals surface area contributed by atoms with Crippen LogP contribution < -0.4 is 10.0 Å². The van der Waals surface area contributed by atoms with Gasteiger partial charge in [0.05, 0.1) is 11.5 Å². The number of rotatable bonds is 7. The van der Waals surface area contributed by atoms with Gasteiger partial charge in [-0.05, 0) is 50.2 Å². The third-order valence-electron chi connectivity index (χ3n) is 3.80. The third-order valence-corrected chi connectivity index (χ3v) is 5.27. The molecule has 11 heteroatoms. The molecule has 0 spiro atoms. The Morgan fingerprint density at radius 2 is 1.59 bits per heavy atom. The van der Waals surface area contributed by atoms with Gasteiger partial charge in [0.25, 0.3) is 5.66 Å². The topological polar surface area (TPSA) is 84.5 Å². The zero-order valence-corrected chi connectivity index (χ0v) is 16.2. The maximum atomic E-state index is 14.1. The van der Waals surface area contributed by atoms with Crippen LogP contribution in [0.4, 0.5) is 23.2 Å². The molecule has 0 aliphatic rings. The zero-order valence-electron chi connectivity index (χ0n) is 15.4. The molecule has 0 amide bonds. The molecular formula is C18H18F4N2O4S. The van der Waals surface area contributed by atoms with Crippen molar-refractivity contribution in [2.24, 2.45) is 0 Å². The van der Waals surface area contributed by atoms with Gasteiger partial charge in [-0.25, -0.2) is 17.6 Å². The SMILES string of the molecule is CCOC(=O)[C@@](Nc1ccc(F)cc1)(NS(=O)(=O)c1ccc(C)cc1)C(F)(F)F. The lowest BCUT2D eigenvalue weighted by Crippen LogP contribution is -2.69. The standard InChI is InChI=1S/C18H18F4N2O4S/c1-3-28-16(25)17(18(20,21)22,23-14-8-6-13(19)7-9-14)24-29(26,27)15-10-4-12(2)5-11-15/h4-11,23-24H,3H2,1-2H3/t17-/m1/s1. The van der Waals surface area contributed by atoms with Crippen LogP contribution in [0.5, 0.6) is 0 Å². The van der Waals surface area contributed by atoms with Crippen LogP contribution in [-0.4, -0.2) is 32.8 Å². The summed E-state index contributed by atoms with van der Waals surface area (Å²) in [7, 11) is -4.82. The highest BCUT2D eigenvalue weighted by Crippen LogP contribution is 2.34. The van der Waals surface area contributed by atoms with Gasteiger partial charge >= 0.3 is 12.1 Å². The lowest BCUT2D eigenvalue weighted by Gasteiger charge is -2.35. The molecule has 0 radical (unpaired) electrons. The number of halogens is 4. The molecule has 0 saturated carbocycles. The highest BCUT2D eigenvalue weighted by atomic mass is 32.2. The van der Waals surface area contributed by atoms with Crippen molar-refractivity contribution in [3.05, 3.63) is 59.9 Å². The number of aryl methyl sites for hydroxylation is 1. The second-order valence-electron chi connectivity index (χ2n) is 6.02. The number of esters is 1. The third kappa shape index (κ3) is 5.04. The lowest BCUT2D eigenvalue weighted by molar-refractivity contribution is -0.202. The fraction of sp³-hybridized carbons (Fsp3) is 0.278. The predicted molar refractivity (Wildman–Crippen MR) is 96.9 cm³/mol. The molecule has 0 unspecified atom stereocenters. The van der Waals surface area contributed by atoms with Crippen LogP contribution in [-0.2, 0) is 19.6 Å². The van der Waals surface area contributed by atoms with Gasteiger partial charge in [0.2, 0.25) is 10.0 Å². The summed E-state index contributed by atoms with van der Waals surface area (Å²) in [5.41, 5.74) is -3.52. The molecule has 0 heterocycles. The monoisotopic (exact) mass is 434 g/mol. The van der Waals surface area contributed by atoms with Crippen LogP contribution >= 0.6 is 0 Å². The molecule has 2 rings (SSSR count). The number of hydrogen-bond donors (Lipinski definition) is 2. The molecule has 2 aromatic rings. The van der Waals surface area contributed by atoms with E-state index in [1.165, 1.54) is 23.8 Å². The van der Waals surface area contributed by atoms with E-state index in [9.17, 15) is 30.8 Å². The van der Waals surface area contributed by atoms with E-state index in [0.29, 0.717) is 5.56 Å². The van der Waals surface area contributed by atoms with Crippen LogP contribution in [0.25, 0.3) is 0 Å². The van der Waals surface area contributed by atoms with Crippen molar-refractivity contribution in [1.82, 2.24) is 4.72 Å².